The van der Waals surface area contributed by atoms with Gasteiger partial charge in [-0.15, -0.1) is 0 Å². The molecule has 0 saturated heterocycles. The first-order valence-electron chi connectivity index (χ1n) is 7.31. The molecule has 2 heterocycles. The highest BCUT2D eigenvalue weighted by Gasteiger charge is 2.50. The van der Waals surface area contributed by atoms with Gasteiger partial charge in [-0.2, -0.15) is 15.0 Å². The van der Waals surface area contributed by atoms with E-state index in [2.05, 4.69) is 31.0 Å². The molecule has 1 aliphatic rings. The summed E-state index contributed by atoms with van der Waals surface area (Å²) in [6, 6.07) is 7.85. The number of ether oxygens (including phenoxy) is 2. The monoisotopic (exact) mass is 287 g/mol. The third-order valence-corrected chi connectivity index (χ3v) is 3.87. The zero-order chi connectivity index (χ0) is 14.9. The van der Waals surface area contributed by atoms with Crippen LogP contribution in [0.3, 0.4) is 0 Å². The summed E-state index contributed by atoms with van der Waals surface area (Å²) in [5.74, 6) is 1.01. The van der Waals surface area contributed by atoms with Crippen LogP contribution in [-0.4, -0.2) is 20.8 Å². The highest BCUT2D eigenvalue weighted by molar-refractivity contribution is 5.43. The van der Waals surface area contributed by atoms with E-state index in [-0.39, 0.29) is 5.41 Å². The van der Waals surface area contributed by atoms with Crippen molar-refractivity contribution >= 4 is 0 Å². The molecule has 0 saturated carbocycles. The van der Waals surface area contributed by atoms with E-state index in [1.165, 1.54) is 0 Å². The summed E-state index contributed by atoms with van der Waals surface area (Å²) in [7, 11) is 0. The summed E-state index contributed by atoms with van der Waals surface area (Å²) in [5, 5.41) is 8.26. The van der Waals surface area contributed by atoms with Crippen molar-refractivity contribution in [1.82, 2.24) is 15.0 Å². The maximum atomic E-state index is 6.21. The Balaban J connectivity index is 1.74. The number of hydrogen-bond acceptors (Lipinski definition) is 4. The molecule has 0 aliphatic carbocycles. The van der Waals surface area contributed by atoms with Crippen LogP contribution >= 0.6 is 0 Å². The molecular formula is C16H21N3O2. The van der Waals surface area contributed by atoms with Crippen molar-refractivity contribution in [3.05, 3.63) is 36.7 Å². The summed E-state index contributed by atoms with van der Waals surface area (Å²) < 4.78 is 12.4. The Morgan fingerprint density at radius 1 is 1.05 bits per heavy atom. The predicted molar refractivity (Wildman–Crippen MR) is 79.1 cm³/mol. The predicted octanol–water partition coefficient (Wildman–Crippen LogP) is 3.27. The highest BCUT2D eigenvalue weighted by Crippen LogP contribution is 2.48. The standard InChI is InChI=1S/C16H21N3O2/c1-15(2,3)16(9-6-12-19-17-10-11-18-19)20-13-7-4-5-8-14(13)21-16/h4-5,7-8,10-11H,6,9,12H2,1-3H3. The van der Waals surface area contributed by atoms with Crippen LogP contribution in [0.25, 0.3) is 0 Å². The average molecular weight is 287 g/mol. The third kappa shape index (κ3) is 2.60. The number of aryl methyl sites for hydroxylation is 1. The first-order valence-corrected chi connectivity index (χ1v) is 7.31. The summed E-state index contributed by atoms with van der Waals surface area (Å²) >= 11 is 0. The number of hydrogen-bond donors (Lipinski definition) is 0. The highest BCUT2D eigenvalue weighted by atomic mass is 16.7. The minimum absolute atomic E-state index is 0.135. The number of aromatic nitrogens is 3. The van der Waals surface area contributed by atoms with Gasteiger partial charge < -0.3 is 9.47 Å². The SMILES string of the molecule is CC(C)(C)C1(CCCn2nccn2)Oc2ccccc2O1. The maximum Gasteiger partial charge on any atom is 0.256 e. The zero-order valence-corrected chi connectivity index (χ0v) is 12.7. The second-order valence-electron chi connectivity index (χ2n) is 6.38. The fourth-order valence-corrected chi connectivity index (χ4v) is 2.59. The van der Waals surface area contributed by atoms with Crippen molar-refractivity contribution in [2.24, 2.45) is 5.41 Å². The van der Waals surface area contributed by atoms with E-state index in [1.807, 2.05) is 24.3 Å². The molecule has 1 aliphatic heterocycles. The Bertz CT molecular complexity index is 577. The average Bonchev–Trinajstić information content (AvgIpc) is 3.04. The lowest BCUT2D eigenvalue weighted by Crippen LogP contribution is -2.50. The number of rotatable bonds is 4. The fourth-order valence-electron chi connectivity index (χ4n) is 2.59. The van der Waals surface area contributed by atoms with Crippen LogP contribution in [0.5, 0.6) is 11.5 Å². The Labute approximate surface area is 124 Å². The third-order valence-electron chi connectivity index (χ3n) is 3.87. The van der Waals surface area contributed by atoms with E-state index in [1.54, 1.807) is 17.2 Å². The molecule has 0 radical (unpaired) electrons. The lowest BCUT2D eigenvalue weighted by atomic mass is 9.82. The van der Waals surface area contributed by atoms with E-state index in [9.17, 15) is 0 Å². The Morgan fingerprint density at radius 2 is 1.62 bits per heavy atom. The zero-order valence-electron chi connectivity index (χ0n) is 12.7. The van der Waals surface area contributed by atoms with E-state index >= 15 is 0 Å². The molecule has 0 amide bonds. The molecule has 2 aromatic rings. The maximum absolute atomic E-state index is 6.21. The molecule has 112 valence electrons. The lowest BCUT2D eigenvalue weighted by molar-refractivity contribution is -0.164. The van der Waals surface area contributed by atoms with Crippen LogP contribution in [0.1, 0.15) is 33.6 Å². The Hall–Kier alpha value is -2.04. The molecule has 0 N–H and O–H groups in total. The molecule has 5 heteroatoms. The van der Waals surface area contributed by atoms with Gasteiger partial charge in [0.05, 0.1) is 18.9 Å². The molecule has 0 atom stereocenters. The molecule has 0 unspecified atom stereocenters. The van der Waals surface area contributed by atoms with Crippen LogP contribution in [0.15, 0.2) is 36.7 Å². The van der Waals surface area contributed by atoms with Crippen molar-refractivity contribution in [3.8, 4) is 11.5 Å². The first kappa shape index (κ1) is 13.9. The topological polar surface area (TPSA) is 49.2 Å². The lowest BCUT2D eigenvalue weighted by Gasteiger charge is -2.39. The van der Waals surface area contributed by atoms with Crippen molar-refractivity contribution < 1.29 is 9.47 Å². The van der Waals surface area contributed by atoms with Gasteiger partial charge in [-0.3, -0.25) is 0 Å². The summed E-state index contributed by atoms with van der Waals surface area (Å²) in [4.78, 5) is 1.69. The summed E-state index contributed by atoms with van der Waals surface area (Å²) in [6.45, 7) is 7.19. The van der Waals surface area contributed by atoms with E-state index < -0.39 is 5.79 Å². The van der Waals surface area contributed by atoms with Gasteiger partial charge in [0.2, 0.25) is 0 Å². The Kier molecular flexibility index (Phi) is 3.35. The van der Waals surface area contributed by atoms with Crippen molar-refractivity contribution in [2.75, 3.05) is 0 Å². The summed E-state index contributed by atoms with van der Waals surface area (Å²) in [5.41, 5.74) is -0.135. The molecule has 5 nitrogen and oxygen atoms in total. The van der Waals surface area contributed by atoms with E-state index in [4.69, 9.17) is 9.47 Å². The van der Waals surface area contributed by atoms with Gasteiger partial charge in [-0.25, -0.2) is 0 Å². The van der Waals surface area contributed by atoms with E-state index in [0.29, 0.717) is 0 Å². The quantitative estimate of drug-likeness (QED) is 0.866. The van der Waals surface area contributed by atoms with Crippen LogP contribution in [0.2, 0.25) is 0 Å². The minimum atomic E-state index is -0.635. The van der Waals surface area contributed by atoms with Gasteiger partial charge in [0.25, 0.3) is 5.79 Å². The second kappa shape index (κ2) is 5.06. The van der Waals surface area contributed by atoms with Crippen LogP contribution in [-0.2, 0) is 6.54 Å². The molecular weight excluding hydrogens is 266 g/mol. The van der Waals surface area contributed by atoms with Crippen molar-refractivity contribution in [1.29, 1.82) is 0 Å². The molecule has 0 spiro atoms. The van der Waals surface area contributed by atoms with Gasteiger partial charge in [-0.05, 0) is 18.6 Å². The molecule has 1 aromatic heterocycles. The van der Waals surface area contributed by atoms with Crippen LogP contribution in [0, 0.1) is 5.41 Å². The van der Waals surface area contributed by atoms with Gasteiger partial charge in [0.15, 0.2) is 11.5 Å². The molecule has 1 aromatic carbocycles. The Morgan fingerprint density at radius 3 is 2.14 bits per heavy atom. The molecule has 0 fully saturated rings. The minimum Gasteiger partial charge on any atom is -0.448 e. The number of fused-ring (bicyclic) bond motifs is 1. The van der Waals surface area contributed by atoms with E-state index in [0.717, 1.165) is 30.9 Å². The molecule has 0 bridgehead atoms. The number of benzene rings is 1. The van der Waals surface area contributed by atoms with Crippen LogP contribution in [0.4, 0.5) is 0 Å². The smallest absolute Gasteiger partial charge is 0.256 e. The first-order chi connectivity index (χ1) is 10.0. The molecule has 21 heavy (non-hydrogen) atoms. The van der Waals surface area contributed by atoms with Gasteiger partial charge >= 0.3 is 0 Å². The number of nitrogens with zero attached hydrogens (tertiary/aromatic N) is 3. The van der Waals surface area contributed by atoms with Crippen molar-refractivity contribution in [3.63, 3.8) is 0 Å². The number of para-hydroxylation sites is 2. The largest absolute Gasteiger partial charge is 0.448 e. The second-order valence-corrected chi connectivity index (χ2v) is 6.38. The van der Waals surface area contributed by atoms with Crippen LogP contribution < -0.4 is 9.47 Å². The van der Waals surface area contributed by atoms with Crippen molar-refractivity contribution in [2.45, 2.75) is 45.9 Å². The summed E-state index contributed by atoms with van der Waals surface area (Å²) in [6.07, 6.45) is 5.06. The fraction of sp³-hybridized carbons (Fsp3) is 0.500. The van der Waals surface area contributed by atoms with Gasteiger partial charge in [0, 0.05) is 11.8 Å². The van der Waals surface area contributed by atoms with Gasteiger partial charge in [0.1, 0.15) is 0 Å². The van der Waals surface area contributed by atoms with Gasteiger partial charge in [-0.1, -0.05) is 32.9 Å². The normalized spacial score (nSPS) is 16.1. The molecule has 3 rings (SSSR count).